The highest BCUT2D eigenvalue weighted by Crippen LogP contribution is 2.14. The summed E-state index contributed by atoms with van der Waals surface area (Å²) in [6.45, 7) is 0.601. The van der Waals surface area contributed by atoms with Crippen LogP contribution < -0.4 is 0 Å². The Balaban J connectivity index is 0.000000132. The molecule has 0 radical (unpaired) electrons. The molecule has 2 heterocycles. The van der Waals surface area contributed by atoms with Crippen LogP contribution in [0.4, 0.5) is 0 Å². The molecule has 2 saturated heterocycles. The van der Waals surface area contributed by atoms with Crippen LogP contribution in [-0.4, -0.2) is 29.6 Å². The van der Waals surface area contributed by atoms with Gasteiger partial charge in [-0.15, -0.1) is 0 Å². The van der Waals surface area contributed by atoms with Gasteiger partial charge in [0.1, 0.15) is 5.78 Å². The summed E-state index contributed by atoms with van der Waals surface area (Å²) in [5.41, 5.74) is 0. The largest absolute Gasteiger partial charge is 0.314 e. The Bertz CT molecular complexity index is 127. The molecule has 2 fully saturated rings. The highest BCUT2D eigenvalue weighted by Gasteiger charge is 2.07. The zero-order chi connectivity index (χ0) is 9.36. The molecule has 2 nitrogen and oxygen atoms in total. The van der Waals surface area contributed by atoms with Gasteiger partial charge in [0.15, 0.2) is 0 Å². The van der Waals surface area contributed by atoms with Crippen LogP contribution in [0.15, 0.2) is 0 Å². The standard InChI is InChI=1S/C5H10S.C4H6O2S/c1-2-4-6-5-3-1;5-4-1-2-6-7-3-4/h1-5H2;1-3H2. The average Bonchev–Trinajstić information content (AvgIpc) is 2.22. The Morgan fingerprint density at radius 2 is 1.92 bits per heavy atom. The molecule has 2 aliphatic heterocycles. The minimum atomic E-state index is 0.302. The van der Waals surface area contributed by atoms with Crippen LogP contribution in [0.25, 0.3) is 0 Å². The van der Waals surface area contributed by atoms with Crippen LogP contribution in [0.2, 0.25) is 0 Å². The molecule has 2 aliphatic rings. The fourth-order valence-electron chi connectivity index (χ4n) is 1.08. The highest BCUT2D eigenvalue weighted by atomic mass is 32.2. The van der Waals surface area contributed by atoms with Crippen molar-refractivity contribution in [3.8, 4) is 0 Å². The first-order chi connectivity index (χ1) is 6.39. The summed E-state index contributed by atoms with van der Waals surface area (Å²) in [6, 6.07) is 0. The number of hydrogen-bond donors (Lipinski definition) is 0. The summed E-state index contributed by atoms with van der Waals surface area (Å²) < 4.78 is 4.84. The molecule has 0 spiro atoms. The van der Waals surface area contributed by atoms with E-state index in [0.29, 0.717) is 24.6 Å². The van der Waals surface area contributed by atoms with E-state index in [-0.39, 0.29) is 0 Å². The molecule has 0 saturated carbocycles. The number of carbonyl (C=O) groups is 1. The molecule has 0 N–H and O–H groups in total. The monoisotopic (exact) mass is 220 g/mol. The van der Waals surface area contributed by atoms with E-state index in [2.05, 4.69) is 11.8 Å². The Morgan fingerprint density at radius 1 is 1.15 bits per heavy atom. The van der Waals surface area contributed by atoms with Gasteiger partial charge in [-0.1, -0.05) is 6.42 Å². The van der Waals surface area contributed by atoms with Crippen molar-refractivity contribution in [2.45, 2.75) is 25.7 Å². The first kappa shape index (κ1) is 11.4. The van der Waals surface area contributed by atoms with Crippen molar-refractivity contribution >= 4 is 29.6 Å². The third kappa shape index (κ3) is 6.41. The van der Waals surface area contributed by atoms with Crippen LogP contribution in [0.1, 0.15) is 25.7 Å². The van der Waals surface area contributed by atoms with E-state index < -0.39 is 0 Å². The molecule has 13 heavy (non-hydrogen) atoms. The molecule has 0 amide bonds. The lowest BCUT2D eigenvalue weighted by molar-refractivity contribution is -0.117. The lowest BCUT2D eigenvalue weighted by Crippen LogP contribution is -2.10. The van der Waals surface area contributed by atoms with E-state index in [4.69, 9.17) is 4.18 Å². The Morgan fingerprint density at radius 3 is 2.15 bits per heavy atom. The van der Waals surface area contributed by atoms with Crippen molar-refractivity contribution < 1.29 is 8.98 Å². The van der Waals surface area contributed by atoms with Gasteiger partial charge in [-0.2, -0.15) is 11.8 Å². The molecule has 0 bridgehead atoms. The molecular formula is C9H16O2S2. The van der Waals surface area contributed by atoms with Crippen LogP contribution in [0.5, 0.6) is 0 Å². The second kappa shape index (κ2) is 7.71. The maximum absolute atomic E-state index is 10.4. The van der Waals surface area contributed by atoms with Gasteiger partial charge in [0.25, 0.3) is 0 Å². The normalized spacial score (nSPS) is 23.2. The van der Waals surface area contributed by atoms with E-state index >= 15 is 0 Å². The highest BCUT2D eigenvalue weighted by molar-refractivity contribution is 7.99. The summed E-state index contributed by atoms with van der Waals surface area (Å²) >= 11 is 3.35. The van der Waals surface area contributed by atoms with E-state index in [1.54, 1.807) is 0 Å². The molecule has 0 unspecified atom stereocenters. The van der Waals surface area contributed by atoms with E-state index in [0.717, 1.165) is 0 Å². The predicted octanol–water partition coefficient (Wildman–Crippen LogP) is 2.53. The fourth-order valence-corrected chi connectivity index (χ4v) is 2.66. The molecule has 0 aliphatic carbocycles. The molecular weight excluding hydrogens is 204 g/mol. The Hall–Kier alpha value is 0.330. The molecule has 4 heteroatoms. The number of carbonyl (C=O) groups excluding carboxylic acids is 1. The van der Waals surface area contributed by atoms with Crippen LogP contribution in [-0.2, 0) is 8.98 Å². The summed E-state index contributed by atoms with van der Waals surface area (Å²) in [5, 5.41) is 0. The number of thioether (sulfide) groups is 1. The number of Topliss-reactive ketones (excluding diaryl/α,β-unsaturated/α-hetero) is 1. The minimum Gasteiger partial charge on any atom is -0.314 e. The molecule has 0 aromatic carbocycles. The van der Waals surface area contributed by atoms with Crippen molar-refractivity contribution in [2.75, 3.05) is 23.9 Å². The second-order valence-corrected chi connectivity index (χ2v) is 5.03. The van der Waals surface area contributed by atoms with Crippen molar-refractivity contribution in [3.05, 3.63) is 0 Å². The maximum Gasteiger partial charge on any atom is 0.147 e. The Labute approximate surface area is 88.4 Å². The lowest BCUT2D eigenvalue weighted by atomic mass is 10.3. The molecule has 0 aromatic heterocycles. The second-order valence-electron chi connectivity index (χ2n) is 3.05. The molecule has 0 atom stereocenters. The van der Waals surface area contributed by atoms with E-state index in [1.807, 2.05) is 0 Å². The van der Waals surface area contributed by atoms with Crippen molar-refractivity contribution in [1.82, 2.24) is 0 Å². The van der Waals surface area contributed by atoms with E-state index in [1.165, 1.54) is 42.8 Å². The molecule has 76 valence electrons. The fraction of sp³-hybridized carbons (Fsp3) is 0.889. The van der Waals surface area contributed by atoms with Gasteiger partial charge in [0, 0.05) is 6.42 Å². The van der Waals surface area contributed by atoms with Gasteiger partial charge in [-0.3, -0.25) is 4.79 Å². The van der Waals surface area contributed by atoms with Gasteiger partial charge in [0.05, 0.1) is 12.4 Å². The van der Waals surface area contributed by atoms with E-state index in [9.17, 15) is 4.79 Å². The van der Waals surface area contributed by atoms with Crippen LogP contribution in [0, 0.1) is 0 Å². The summed E-state index contributed by atoms with van der Waals surface area (Å²) in [4.78, 5) is 10.4. The predicted molar refractivity (Wildman–Crippen MR) is 59.2 cm³/mol. The third-order valence-corrected chi connectivity index (χ3v) is 3.77. The van der Waals surface area contributed by atoms with Crippen LogP contribution in [0.3, 0.4) is 0 Å². The molecule has 2 rings (SSSR count). The SMILES string of the molecule is C1CCSCC1.O=C1CCOSC1. The molecule has 0 aromatic rings. The Kier molecular flexibility index (Phi) is 6.76. The average molecular weight is 220 g/mol. The summed E-state index contributed by atoms with van der Waals surface area (Å²) in [5.74, 6) is 3.68. The van der Waals surface area contributed by atoms with Crippen molar-refractivity contribution in [3.63, 3.8) is 0 Å². The zero-order valence-corrected chi connectivity index (χ0v) is 9.42. The lowest BCUT2D eigenvalue weighted by Gasteiger charge is -2.05. The first-order valence-corrected chi connectivity index (χ1v) is 6.80. The summed E-state index contributed by atoms with van der Waals surface area (Å²) in [7, 11) is 0. The van der Waals surface area contributed by atoms with Gasteiger partial charge < -0.3 is 4.18 Å². The van der Waals surface area contributed by atoms with Gasteiger partial charge >= 0.3 is 0 Å². The smallest absolute Gasteiger partial charge is 0.147 e. The number of rotatable bonds is 0. The summed E-state index contributed by atoms with van der Waals surface area (Å²) in [6.07, 6.45) is 5.01. The van der Waals surface area contributed by atoms with Crippen molar-refractivity contribution in [2.24, 2.45) is 0 Å². The van der Waals surface area contributed by atoms with Gasteiger partial charge in [-0.05, 0) is 36.4 Å². The number of ketones is 1. The maximum atomic E-state index is 10.4. The minimum absolute atomic E-state index is 0.302. The third-order valence-electron chi connectivity index (χ3n) is 1.84. The van der Waals surface area contributed by atoms with Gasteiger partial charge in [0.2, 0.25) is 0 Å². The zero-order valence-electron chi connectivity index (χ0n) is 7.79. The quantitative estimate of drug-likeness (QED) is 0.586. The van der Waals surface area contributed by atoms with Crippen molar-refractivity contribution in [1.29, 1.82) is 0 Å². The number of hydrogen-bond acceptors (Lipinski definition) is 4. The topological polar surface area (TPSA) is 26.3 Å². The van der Waals surface area contributed by atoms with Gasteiger partial charge in [-0.25, -0.2) is 0 Å². The first-order valence-electron chi connectivity index (χ1n) is 4.73. The van der Waals surface area contributed by atoms with Crippen LogP contribution >= 0.6 is 23.8 Å².